The minimum absolute atomic E-state index is 0.703. The van der Waals surface area contributed by atoms with Gasteiger partial charge in [-0.25, -0.2) is 9.97 Å². The summed E-state index contributed by atoms with van der Waals surface area (Å²) in [5.74, 6) is 0.714. The zero-order valence-electron chi connectivity index (χ0n) is 11.6. The number of nitrogens with one attached hydrogen (secondary N) is 1. The predicted octanol–water partition coefficient (Wildman–Crippen LogP) is 1.75. The lowest BCUT2D eigenvalue weighted by Crippen LogP contribution is -2.18. The molecular formula is C14H19N5. The second kappa shape index (κ2) is 4.74. The lowest BCUT2D eigenvalue weighted by Gasteiger charge is -2.10. The Balaban J connectivity index is 1.87. The van der Waals surface area contributed by atoms with Gasteiger partial charge >= 0.3 is 0 Å². The third-order valence-electron chi connectivity index (χ3n) is 3.51. The highest BCUT2D eigenvalue weighted by molar-refractivity contribution is 5.49. The number of hydrogen-bond acceptors (Lipinski definition) is 4. The van der Waals surface area contributed by atoms with Crippen LogP contribution in [-0.2, 0) is 13.6 Å². The number of aryl methyl sites for hydroxylation is 3. The van der Waals surface area contributed by atoms with E-state index >= 15 is 0 Å². The van der Waals surface area contributed by atoms with Crippen LogP contribution in [0, 0.1) is 13.8 Å². The largest absolute Gasteiger partial charge is 0.310 e. The highest BCUT2D eigenvalue weighted by Crippen LogP contribution is 2.21. The number of rotatable bonds is 4. The van der Waals surface area contributed by atoms with Crippen LogP contribution in [0.2, 0.25) is 0 Å². The Morgan fingerprint density at radius 2 is 1.95 bits per heavy atom. The minimum Gasteiger partial charge on any atom is -0.310 e. The molecule has 0 amide bonds. The fraction of sp³-hybridized carbons (Fsp3) is 0.500. The Morgan fingerprint density at radius 1 is 1.26 bits per heavy atom. The summed E-state index contributed by atoms with van der Waals surface area (Å²) < 4.78 is 1.77. The second-order valence-electron chi connectivity index (χ2n) is 5.23. The van der Waals surface area contributed by atoms with Crippen LogP contribution in [-0.4, -0.2) is 25.8 Å². The van der Waals surface area contributed by atoms with Gasteiger partial charge in [-0.2, -0.15) is 5.10 Å². The molecule has 0 unspecified atom stereocenters. The van der Waals surface area contributed by atoms with Crippen molar-refractivity contribution < 1.29 is 0 Å². The van der Waals surface area contributed by atoms with Gasteiger partial charge in [0.1, 0.15) is 5.69 Å². The molecule has 1 fully saturated rings. The molecule has 2 aromatic heterocycles. The molecule has 3 rings (SSSR count). The Hall–Kier alpha value is -1.75. The van der Waals surface area contributed by atoms with Gasteiger partial charge in [0.25, 0.3) is 0 Å². The van der Waals surface area contributed by atoms with Gasteiger partial charge in [0, 0.05) is 42.8 Å². The summed E-state index contributed by atoms with van der Waals surface area (Å²) >= 11 is 0. The van der Waals surface area contributed by atoms with Crippen LogP contribution in [0.5, 0.6) is 0 Å². The normalized spacial score (nSPS) is 14.9. The zero-order chi connectivity index (χ0) is 13.4. The molecule has 0 aromatic carbocycles. The van der Waals surface area contributed by atoms with Crippen molar-refractivity contribution in [1.82, 2.24) is 25.1 Å². The van der Waals surface area contributed by atoms with Crippen LogP contribution >= 0.6 is 0 Å². The van der Waals surface area contributed by atoms with E-state index in [0.717, 1.165) is 23.6 Å². The molecule has 19 heavy (non-hydrogen) atoms. The lowest BCUT2D eigenvalue weighted by molar-refractivity contribution is 0.675. The average molecular weight is 257 g/mol. The molecule has 0 aliphatic heterocycles. The molecule has 0 radical (unpaired) electrons. The van der Waals surface area contributed by atoms with E-state index in [1.54, 1.807) is 4.68 Å². The lowest BCUT2D eigenvalue weighted by atomic mass is 10.1. The summed E-state index contributed by atoms with van der Waals surface area (Å²) in [4.78, 5) is 9.18. The third-order valence-corrected chi connectivity index (χ3v) is 3.51. The zero-order valence-corrected chi connectivity index (χ0v) is 11.6. The molecule has 1 saturated carbocycles. The van der Waals surface area contributed by atoms with Crippen LogP contribution < -0.4 is 5.32 Å². The first-order chi connectivity index (χ1) is 9.13. The fourth-order valence-corrected chi connectivity index (χ4v) is 2.18. The molecular weight excluding hydrogens is 238 g/mol. The predicted molar refractivity (Wildman–Crippen MR) is 73.6 cm³/mol. The summed E-state index contributed by atoms with van der Waals surface area (Å²) in [6.07, 6.45) is 4.50. The molecule has 1 N–H and O–H groups in total. The second-order valence-corrected chi connectivity index (χ2v) is 5.23. The summed E-state index contributed by atoms with van der Waals surface area (Å²) in [5.41, 5.74) is 4.13. The van der Waals surface area contributed by atoms with Crippen LogP contribution in [0.3, 0.4) is 0 Å². The van der Waals surface area contributed by atoms with E-state index in [0.29, 0.717) is 11.9 Å². The molecule has 1 aliphatic rings. The topological polar surface area (TPSA) is 55.6 Å². The van der Waals surface area contributed by atoms with Crippen LogP contribution in [0.4, 0.5) is 0 Å². The van der Waals surface area contributed by atoms with E-state index in [-0.39, 0.29) is 0 Å². The van der Waals surface area contributed by atoms with Gasteiger partial charge in [0.15, 0.2) is 5.82 Å². The quantitative estimate of drug-likeness (QED) is 0.906. The molecule has 0 spiro atoms. The van der Waals surface area contributed by atoms with E-state index < -0.39 is 0 Å². The van der Waals surface area contributed by atoms with Crippen molar-refractivity contribution >= 4 is 0 Å². The summed E-state index contributed by atoms with van der Waals surface area (Å²) in [5, 5.41) is 7.87. The summed E-state index contributed by atoms with van der Waals surface area (Å²) in [7, 11) is 1.90. The summed E-state index contributed by atoms with van der Waals surface area (Å²) in [6.45, 7) is 4.96. The molecule has 2 heterocycles. The molecule has 1 aliphatic carbocycles. The van der Waals surface area contributed by atoms with Gasteiger partial charge in [-0.1, -0.05) is 0 Å². The van der Waals surface area contributed by atoms with Crippen molar-refractivity contribution in [3.8, 4) is 11.5 Å². The Kier molecular flexibility index (Phi) is 3.06. The number of nitrogens with zero attached hydrogens (tertiary/aromatic N) is 4. The van der Waals surface area contributed by atoms with Gasteiger partial charge in [0.2, 0.25) is 0 Å². The van der Waals surface area contributed by atoms with Gasteiger partial charge < -0.3 is 5.32 Å². The molecule has 5 nitrogen and oxygen atoms in total. The first kappa shape index (κ1) is 12.3. The minimum atomic E-state index is 0.703. The van der Waals surface area contributed by atoms with E-state index in [1.165, 1.54) is 18.4 Å². The maximum atomic E-state index is 4.59. The van der Waals surface area contributed by atoms with Gasteiger partial charge in [-0.05, 0) is 32.8 Å². The van der Waals surface area contributed by atoms with Crippen molar-refractivity contribution in [2.75, 3.05) is 0 Å². The standard InChI is InChI=1S/C14H19N5/c1-9-12(8-15-11-4-5-11)10(2)17-14(16-9)13-6-7-19(3)18-13/h6-7,11,15H,4-5,8H2,1-3H3. The van der Waals surface area contributed by atoms with Crippen molar-refractivity contribution in [2.45, 2.75) is 39.3 Å². The molecule has 5 heteroatoms. The van der Waals surface area contributed by atoms with Crippen LogP contribution in [0.25, 0.3) is 11.5 Å². The highest BCUT2D eigenvalue weighted by atomic mass is 15.3. The fourth-order valence-electron chi connectivity index (χ4n) is 2.18. The molecule has 0 atom stereocenters. The molecule has 0 saturated heterocycles. The number of hydrogen-bond donors (Lipinski definition) is 1. The highest BCUT2D eigenvalue weighted by Gasteiger charge is 2.21. The molecule has 100 valence electrons. The first-order valence-electron chi connectivity index (χ1n) is 6.71. The monoisotopic (exact) mass is 257 g/mol. The average Bonchev–Trinajstić information content (AvgIpc) is 3.08. The van der Waals surface area contributed by atoms with Crippen molar-refractivity contribution in [1.29, 1.82) is 0 Å². The van der Waals surface area contributed by atoms with E-state index in [2.05, 4.69) is 20.4 Å². The SMILES string of the molecule is Cc1nc(-c2ccn(C)n2)nc(C)c1CNC1CC1. The van der Waals surface area contributed by atoms with Gasteiger partial charge in [-0.3, -0.25) is 4.68 Å². The van der Waals surface area contributed by atoms with Crippen LogP contribution in [0.15, 0.2) is 12.3 Å². The third kappa shape index (κ3) is 2.66. The van der Waals surface area contributed by atoms with Crippen LogP contribution in [0.1, 0.15) is 29.8 Å². The maximum Gasteiger partial charge on any atom is 0.180 e. The van der Waals surface area contributed by atoms with E-state index in [1.807, 2.05) is 33.2 Å². The number of aromatic nitrogens is 4. The van der Waals surface area contributed by atoms with Crippen molar-refractivity contribution in [3.63, 3.8) is 0 Å². The molecule has 2 aromatic rings. The first-order valence-corrected chi connectivity index (χ1v) is 6.71. The van der Waals surface area contributed by atoms with Crippen molar-refractivity contribution in [2.24, 2.45) is 7.05 Å². The maximum absolute atomic E-state index is 4.59. The van der Waals surface area contributed by atoms with Gasteiger partial charge in [-0.15, -0.1) is 0 Å². The van der Waals surface area contributed by atoms with Crippen molar-refractivity contribution in [3.05, 3.63) is 29.2 Å². The smallest absolute Gasteiger partial charge is 0.180 e. The Labute approximate surface area is 113 Å². The Bertz CT molecular complexity index is 575. The molecule has 0 bridgehead atoms. The summed E-state index contributed by atoms with van der Waals surface area (Å²) in [6, 6.07) is 2.64. The van der Waals surface area contributed by atoms with E-state index in [9.17, 15) is 0 Å². The van der Waals surface area contributed by atoms with Gasteiger partial charge in [0.05, 0.1) is 0 Å². The Morgan fingerprint density at radius 3 is 2.47 bits per heavy atom. The van der Waals surface area contributed by atoms with E-state index in [4.69, 9.17) is 0 Å².